The summed E-state index contributed by atoms with van der Waals surface area (Å²) in [5.74, 6) is 7.28. The number of fused-ring (bicyclic) bond motifs is 1. The van der Waals surface area contributed by atoms with Crippen molar-refractivity contribution in [2.24, 2.45) is 11.8 Å². The minimum Gasteiger partial charge on any atom is -0.381 e. The Balaban J connectivity index is 1.88. The van der Waals surface area contributed by atoms with Gasteiger partial charge in [0.05, 0.1) is 12.8 Å². The fourth-order valence-corrected chi connectivity index (χ4v) is 2.38. The molecule has 2 atom stereocenters. The van der Waals surface area contributed by atoms with Crippen LogP contribution in [0.2, 0.25) is 0 Å². The number of hydrazine groups is 1. The van der Waals surface area contributed by atoms with Crippen LogP contribution in [0.5, 0.6) is 0 Å². The number of rotatable bonds is 4. The van der Waals surface area contributed by atoms with Crippen LogP contribution in [0, 0.1) is 5.92 Å². The van der Waals surface area contributed by atoms with Gasteiger partial charge in [-0.15, -0.1) is 0 Å². The maximum absolute atomic E-state index is 5.44. The van der Waals surface area contributed by atoms with Gasteiger partial charge in [-0.2, -0.15) is 0 Å². The molecule has 0 aromatic carbocycles. The molecule has 1 aliphatic rings. The highest BCUT2D eigenvalue weighted by molar-refractivity contribution is 5.65. The molecule has 0 amide bonds. The van der Waals surface area contributed by atoms with Gasteiger partial charge in [-0.3, -0.25) is 0 Å². The molecule has 7 heteroatoms. The van der Waals surface area contributed by atoms with E-state index in [1.54, 1.807) is 12.4 Å². The third-order valence-corrected chi connectivity index (χ3v) is 3.56. The van der Waals surface area contributed by atoms with E-state index in [-0.39, 0.29) is 6.04 Å². The molecule has 3 rings (SSSR count). The van der Waals surface area contributed by atoms with Gasteiger partial charge in [0.15, 0.2) is 17.3 Å². The molecule has 0 aliphatic carbocycles. The van der Waals surface area contributed by atoms with Crippen molar-refractivity contribution in [3.63, 3.8) is 0 Å². The summed E-state index contributed by atoms with van der Waals surface area (Å²) in [6, 6.07) is 0.281. The van der Waals surface area contributed by atoms with Gasteiger partial charge in [0.2, 0.25) is 0 Å². The summed E-state index contributed by atoms with van der Waals surface area (Å²) < 4.78 is 7.31. The topological polar surface area (TPSA) is 89.5 Å². The summed E-state index contributed by atoms with van der Waals surface area (Å²) in [6.45, 7) is 3.78. The standard InChI is InChI=1S/C12H18N6O/c1-8(9-2-5-19-7-9)15-11-12-14-3-4-18(12)6-10(16-11)17-13/h3-4,6,8-9,17H,2,5,7,13H2,1H3,(H,15,16). The van der Waals surface area contributed by atoms with Crippen LogP contribution in [0.15, 0.2) is 18.6 Å². The third kappa shape index (κ3) is 2.34. The first-order valence-electron chi connectivity index (χ1n) is 6.42. The summed E-state index contributed by atoms with van der Waals surface area (Å²) >= 11 is 0. The minimum absolute atomic E-state index is 0.281. The highest BCUT2D eigenvalue weighted by Gasteiger charge is 2.23. The molecule has 102 valence electrons. The SMILES string of the molecule is CC(Nc1nc(NN)cn2ccnc12)C1CCOC1. The van der Waals surface area contributed by atoms with E-state index in [9.17, 15) is 0 Å². The highest BCUT2D eigenvalue weighted by Crippen LogP contribution is 2.22. The summed E-state index contributed by atoms with van der Waals surface area (Å²) in [4.78, 5) is 8.74. The highest BCUT2D eigenvalue weighted by atomic mass is 16.5. The second kappa shape index (κ2) is 5.02. The van der Waals surface area contributed by atoms with Crippen LogP contribution in [-0.2, 0) is 4.74 Å². The van der Waals surface area contributed by atoms with Crippen molar-refractivity contribution in [3.05, 3.63) is 18.6 Å². The van der Waals surface area contributed by atoms with Gasteiger partial charge < -0.3 is 19.9 Å². The average molecular weight is 262 g/mol. The molecule has 0 radical (unpaired) electrons. The predicted octanol–water partition coefficient (Wildman–Crippen LogP) is 0.852. The Kier molecular flexibility index (Phi) is 3.22. The molecule has 1 aliphatic heterocycles. The molecule has 3 heterocycles. The van der Waals surface area contributed by atoms with E-state index < -0.39 is 0 Å². The summed E-state index contributed by atoms with van der Waals surface area (Å²) in [6.07, 6.45) is 6.49. The van der Waals surface area contributed by atoms with Crippen LogP contribution < -0.4 is 16.6 Å². The van der Waals surface area contributed by atoms with Crippen molar-refractivity contribution in [1.29, 1.82) is 0 Å². The van der Waals surface area contributed by atoms with Gasteiger partial charge in [-0.05, 0) is 13.3 Å². The van der Waals surface area contributed by atoms with Crippen molar-refractivity contribution in [3.8, 4) is 0 Å². The van der Waals surface area contributed by atoms with Crippen LogP contribution in [-0.4, -0.2) is 33.6 Å². The number of aromatic nitrogens is 3. The number of nitrogens with zero attached hydrogens (tertiary/aromatic N) is 3. The Hall–Kier alpha value is -1.86. The molecule has 0 saturated carbocycles. The van der Waals surface area contributed by atoms with Crippen LogP contribution in [0.1, 0.15) is 13.3 Å². The van der Waals surface area contributed by atoms with Crippen LogP contribution >= 0.6 is 0 Å². The number of hydrogen-bond donors (Lipinski definition) is 3. The minimum atomic E-state index is 0.281. The van der Waals surface area contributed by atoms with Gasteiger partial charge in [0, 0.05) is 31.0 Å². The van der Waals surface area contributed by atoms with Crippen molar-refractivity contribution in [2.45, 2.75) is 19.4 Å². The number of nitrogens with one attached hydrogen (secondary N) is 2. The molecule has 2 aromatic heterocycles. The van der Waals surface area contributed by atoms with Gasteiger partial charge in [0.25, 0.3) is 0 Å². The average Bonchev–Trinajstić information content (AvgIpc) is 3.09. The summed E-state index contributed by atoms with van der Waals surface area (Å²) in [5.41, 5.74) is 3.36. The van der Waals surface area contributed by atoms with E-state index >= 15 is 0 Å². The lowest BCUT2D eigenvalue weighted by atomic mass is 10.0. The predicted molar refractivity (Wildman–Crippen MR) is 72.8 cm³/mol. The van der Waals surface area contributed by atoms with E-state index in [0.717, 1.165) is 31.1 Å². The smallest absolute Gasteiger partial charge is 0.180 e. The van der Waals surface area contributed by atoms with Crippen LogP contribution in [0.3, 0.4) is 0 Å². The quantitative estimate of drug-likeness (QED) is 0.559. The number of anilines is 2. The molecule has 0 bridgehead atoms. The maximum atomic E-state index is 5.44. The molecule has 2 aromatic rings. The molecule has 1 saturated heterocycles. The number of imidazole rings is 1. The van der Waals surface area contributed by atoms with Gasteiger partial charge in [0.1, 0.15) is 0 Å². The van der Waals surface area contributed by atoms with Crippen LogP contribution in [0.25, 0.3) is 5.65 Å². The number of nitrogen functional groups attached to an aromatic ring is 1. The molecule has 0 spiro atoms. The van der Waals surface area contributed by atoms with Gasteiger partial charge >= 0.3 is 0 Å². The zero-order valence-corrected chi connectivity index (χ0v) is 10.8. The first-order valence-corrected chi connectivity index (χ1v) is 6.42. The van der Waals surface area contributed by atoms with E-state index in [1.165, 1.54) is 0 Å². The first kappa shape index (κ1) is 12.2. The third-order valence-electron chi connectivity index (χ3n) is 3.56. The zero-order valence-electron chi connectivity index (χ0n) is 10.8. The first-order chi connectivity index (χ1) is 9.28. The number of ether oxygens (including phenoxy) is 1. The molecule has 19 heavy (non-hydrogen) atoms. The zero-order chi connectivity index (χ0) is 13.2. The van der Waals surface area contributed by atoms with E-state index in [2.05, 4.69) is 27.6 Å². The monoisotopic (exact) mass is 262 g/mol. The Labute approximate surface area is 111 Å². The van der Waals surface area contributed by atoms with E-state index in [0.29, 0.717) is 11.7 Å². The lowest BCUT2D eigenvalue weighted by Crippen LogP contribution is -2.27. The second-order valence-corrected chi connectivity index (χ2v) is 4.83. The largest absolute Gasteiger partial charge is 0.381 e. The van der Waals surface area contributed by atoms with Gasteiger partial charge in [-0.25, -0.2) is 15.8 Å². The van der Waals surface area contributed by atoms with E-state index in [4.69, 9.17) is 10.6 Å². The number of hydrogen-bond acceptors (Lipinski definition) is 6. The molecule has 2 unspecified atom stereocenters. The van der Waals surface area contributed by atoms with Crippen LogP contribution in [0.4, 0.5) is 11.6 Å². The van der Waals surface area contributed by atoms with Crippen molar-refractivity contribution in [1.82, 2.24) is 14.4 Å². The van der Waals surface area contributed by atoms with E-state index in [1.807, 2.05) is 10.6 Å². The lowest BCUT2D eigenvalue weighted by Gasteiger charge is -2.20. The summed E-state index contributed by atoms with van der Waals surface area (Å²) in [7, 11) is 0. The van der Waals surface area contributed by atoms with Crippen molar-refractivity contribution >= 4 is 17.3 Å². The summed E-state index contributed by atoms with van der Waals surface area (Å²) in [5, 5.41) is 3.42. The van der Waals surface area contributed by atoms with Crippen molar-refractivity contribution in [2.75, 3.05) is 24.0 Å². The molecule has 1 fully saturated rings. The Morgan fingerprint density at radius 1 is 1.58 bits per heavy atom. The Morgan fingerprint density at radius 3 is 3.21 bits per heavy atom. The number of nitrogens with two attached hydrogens (primary N) is 1. The molecular formula is C12H18N6O. The maximum Gasteiger partial charge on any atom is 0.180 e. The fraction of sp³-hybridized carbons (Fsp3) is 0.500. The molecule has 7 nitrogen and oxygen atoms in total. The second-order valence-electron chi connectivity index (χ2n) is 4.83. The lowest BCUT2D eigenvalue weighted by molar-refractivity contribution is 0.183. The molecule has 4 N–H and O–H groups in total. The normalized spacial score (nSPS) is 20.6. The van der Waals surface area contributed by atoms with Gasteiger partial charge in [-0.1, -0.05) is 0 Å². The van der Waals surface area contributed by atoms with Crippen molar-refractivity contribution < 1.29 is 4.74 Å². The molecular weight excluding hydrogens is 244 g/mol. The Bertz CT molecular complexity index is 562. The fourth-order valence-electron chi connectivity index (χ4n) is 2.38. The Morgan fingerprint density at radius 2 is 2.47 bits per heavy atom.